The standard InChI is InChI=1S/C8H7BrO2/c9-7-5-2-1-4(5)3-6(10)8(7)11/h3,10-11H,1-2H2. The maximum Gasteiger partial charge on any atom is 0.172 e. The second kappa shape index (κ2) is 2.14. The van der Waals surface area contributed by atoms with Gasteiger partial charge in [0.2, 0.25) is 0 Å². The SMILES string of the molecule is Oc1cc2c(c(Br)c1O)CC2. The molecule has 2 N–H and O–H groups in total. The Morgan fingerprint density at radius 1 is 1.27 bits per heavy atom. The third-order valence-electron chi connectivity index (χ3n) is 2.06. The van der Waals surface area contributed by atoms with Gasteiger partial charge >= 0.3 is 0 Å². The molecule has 2 nitrogen and oxygen atoms in total. The number of fused-ring (bicyclic) bond motifs is 1. The highest BCUT2D eigenvalue weighted by atomic mass is 79.9. The summed E-state index contributed by atoms with van der Waals surface area (Å²) in [5, 5.41) is 18.4. The fraction of sp³-hybridized carbons (Fsp3) is 0.250. The van der Waals surface area contributed by atoms with E-state index < -0.39 is 0 Å². The number of phenolic OH excluding ortho intramolecular Hbond substituents is 2. The first kappa shape index (κ1) is 6.98. The molecule has 0 unspecified atom stereocenters. The number of aryl methyl sites for hydroxylation is 1. The monoisotopic (exact) mass is 214 g/mol. The lowest BCUT2D eigenvalue weighted by molar-refractivity contribution is 0.398. The molecule has 0 heterocycles. The van der Waals surface area contributed by atoms with Gasteiger partial charge in [0.25, 0.3) is 0 Å². The van der Waals surface area contributed by atoms with Gasteiger partial charge in [0.05, 0.1) is 4.47 Å². The quantitative estimate of drug-likeness (QED) is 0.649. The minimum atomic E-state index is -0.0385. The van der Waals surface area contributed by atoms with Crippen molar-refractivity contribution in [3.63, 3.8) is 0 Å². The average Bonchev–Trinajstić information content (AvgIpc) is 1.93. The highest BCUT2D eigenvalue weighted by molar-refractivity contribution is 9.10. The predicted octanol–water partition coefficient (Wildman–Crippen LogP) is 1.96. The Labute approximate surface area is 72.6 Å². The fourth-order valence-corrected chi connectivity index (χ4v) is 1.95. The molecule has 1 aromatic carbocycles. The van der Waals surface area contributed by atoms with Crippen LogP contribution in [0.5, 0.6) is 11.5 Å². The molecule has 0 saturated heterocycles. The number of rotatable bonds is 0. The number of halogens is 1. The molecule has 0 bridgehead atoms. The van der Waals surface area contributed by atoms with Crippen LogP contribution in [0.25, 0.3) is 0 Å². The van der Waals surface area contributed by atoms with E-state index in [-0.39, 0.29) is 11.5 Å². The van der Waals surface area contributed by atoms with Gasteiger partial charge in [0.1, 0.15) is 0 Å². The highest BCUT2D eigenvalue weighted by Crippen LogP contribution is 2.42. The zero-order valence-electron chi connectivity index (χ0n) is 5.76. The van der Waals surface area contributed by atoms with Gasteiger partial charge in [-0.15, -0.1) is 0 Å². The van der Waals surface area contributed by atoms with Crippen molar-refractivity contribution in [1.29, 1.82) is 0 Å². The fourth-order valence-electron chi connectivity index (χ4n) is 1.29. The number of benzene rings is 1. The van der Waals surface area contributed by atoms with Crippen LogP contribution in [0.2, 0.25) is 0 Å². The minimum Gasteiger partial charge on any atom is -0.504 e. The summed E-state index contributed by atoms with van der Waals surface area (Å²) in [6.07, 6.45) is 1.99. The zero-order valence-corrected chi connectivity index (χ0v) is 7.35. The van der Waals surface area contributed by atoms with Gasteiger partial charge in [-0.3, -0.25) is 0 Å². The maximum absolute atomic E-state index is 9.25. The Balaban J connectivity index is 2.70. The maximum atomic E-state index is 9.25. The van der Waals surface area contributed by atoms with Gasteiger partial charge < -0.3 is 10.2 Å². The van der Waals surface area contributed by atoms with E-state index in [0.29, 0.717) is 4.47 Å². The van der Waals surface area contributed by atoms with Gasteiger partial charge in [-0.2, -0.15) is 0 Å². The van der Waals surface area contributed by atoms with Gasteiger partial charge in [-0.05, 0) is 46.0 Å². The largest absolute Gasteiger partial charge is 0.504 e. The molecule has 0 atom stereocenters. The third-order valence-corrected chi connectivity index (χ3v) is 2.91. The summed E-state index contributed by atoms with van der Waals surface area (Å²) in [4.78, 5) is 0. The summed E-state index contributed by atoms with van der Waals surface area (Å²) in [6, 6.07) is 1.62. The predicted molar refractivity (Wildman–Crippen MR) is 44.9 cm³/mol. The molecule has 0 aliphatic heterocycles. The normalized spacial score (nSPS) is 13.9. The number of hydrogen-bond acceptors (Lipinski definition) is 2. The Kier molecular flexibility index (Phi) is 1.36. The molecule has 58 valence electrons. The lowest BCUT2D eigenvalue weighted by Crippen LogP contribution is -2.08. The van der Waals surface area contributed by atoms with Crippen LogP contribution >= 0.6 is 15.9 Å². The molecule has 0 amide bonds. The first-order valence-electron chi connectivity index (χ1n) is 3.42. The van der Waals surface area contributed by atoms with Crippen LogP contribution in [0.4, 0.5) is 0 Å². The van der Waals surface area contributed by atoms with Crippen LogP contribution in [0.15, 0.2) is 10.5 Å². The topological polar surface area (TPSA) is 40.5 Å². The lowest BCUT2D eigenvalue weighted by Gasteiger charge is -2.21. The van der Waals surface area contributed by atoms with E-state index in [0.717, 1.165) is 24.0 Å². The van der Waals surface area contributed by atoms with E-state index in [2.05, 4.69) is 15.9 Å². The summed E-state index contributed by atoms with van der Waals surface area (Å²) < 4.78 is 0.652. The third kappa shape index (κ3) is 0.839. The molecule has 11 heavy (non-hydrogen) atoms. The Bertz CT molecular complexity index is 306. The van der Waals surface area contributed by atoms with Crippen molar-refractivity contribution in [3.05, 3.63) is 21.7 Å². The Hall–Kier alpha value is -0.700. The van der Waals surface area contributed by atoms with Crippen LogP contribution in [-0.4, -0.2) is 10.2 Å². The van der Waals surface area contributed by atoms with E-state index in [1.165, 1.54) is 0 Å². The molecular formula is C8H7BrO2. The molecule has 1 aromatic rings. The van der Waals surface area contributed by atoms with Crippen molar-refractivity contribution in [3.8, 4) is 11.5 Å². The van der Waals surface area contributed by atoms with Crippen LogP contribution < -0.4 is 0 Å². The van der Waals surface area contributed by atoms with Crippen molar-refractivity contribution in [2.75, 3.05) is 0 Å². The minimum absolute atomic E-state index is 0.0321. The van der Waals surface area contributed by atoms with Crippen molar-refractivity contribution >= 4 is 15.9 Å². The molecule has 0 saturated carbocycles. The van der Waals surface area contributed by atoms with E-state index in [1.54, 1.807) is 6.07 Å². The van der Waals surface area contributed by atoms with Crippen LogP contribution in [0.3, 0.4) is 0 Å². The van der Waals surface area contributed by atoms with Crippen molar-refractivity contribution < 1.29 is 10.2 Å². The first-order valence-corrected chi connectivity index (χ1v) is 4.21. The summed E-state index contributed by atoms with van der Waals surface area (Å²) in [5.74, 6) is -0.0706. The van der Waals surface area contributed by atoms with E-state index in [1.807, 2.05) is 0 Å². The van der Waals surface area contributed by atoms with E-state index in [4.69, 9.17) is 5.11 Å². The summed E-state index contributed by atoms with van der Waals surface area (Å²) in [6.45, 7) is 0. The van der Waals surface area contributed by atoms with Crippen LogP contribution in [-0.2, 0) is 12.8 Å². The van der Waals surface area contributed by atoms with Crippen molar-refractivity contribution in [1.82, 2.24) is 0 Å². The van der Waals surface area contributed by atoms with Gasteiger partial charge in [0, 0.05) is 0 Å². The van der Waals surface area contributed by atoms with Gasteiger partial charge in [-0.25, -0.2) is 0 Å². The second-order valence-corrected chi connectivity index (χ2v) is 3.49. The first-order chi connectivity index (χ1) is 5.20. The molecule has 2 rings (SSSR count). The second-order valence-electron chi connectivity index (χ2n) is 2.70. The molecule has 1 aliphatic carbocycles. The van der Waals surface area contributed by atoms with E-state index >= 15 is 0 Å². The molecule has 0 spiro atoms. The molecular weight excluding hydrogens is 208 g/mol. The molecule has 1 aliphatic rings. The van der Waals surface area contributed by atoms with E-state index in [9.17, 15) is 5.11 Å². The van der Waals surface area contributed by atoms with Crippen LogP contribution in [0.1, 0.15) is 11.1 Å². The number of hydrogen-bond donors (Lipinski definition) is 2. The average molecular weight is 215 g/mol. The highest BCUT2D eigenvalue weighted by Gasteiger charge is 2.21. The Morgan fingerprint density at radius 3 is 2.55 bits per heavy atom. The summed E-state index contributed by atoms with van der Waals surface area (Å²) >= 11 is 3.22. The summed E-state index contributed by atoms with van der Waals surface area (Å²) in [7, 11) is 0. The van der Waals surface area contributed by atoms with Crippen molar-refractivity contribution in [2.45, 2.75) is 12.8 Å². The van der Waals surface area contributed by atoms with Crippen molar-refractivity contribution in [2.24, 2.45) is 0 Å². The summed E-state index contributed by atoms with van der Waals surface area (Å²) in [5.41, 5.74) is 2.26. The lowest BCUT2D eigenvalue weighted by atomic mass is 9.88. The number of aromatic hydroxyl groups is 2. The molecule has 0 fully saturated rings. The Morgan fingerprint density at radius 2 is 2.00 bits per heavy atom. The van der Waals surface area contributed by atoms with Gasteiger partial charge in [-0.1, -0.05) is 0 Å². The number of phenols is 2. The molecule has 0 radical (unpaired) electrons. The zero-order chi connectivity index (χ0) is 8.01. The van der Waals surface area contributed by atoms with Gasteiger partial charge in [0.15, 0.2) is 11.5 Å². The molecule has 3 heteroatoms. The smallest absolute Gasteiger partial charge is 0.172 e. The van der Waals surface area contributed by atoms with Crippen LogP contribution in [0, 0.1) is 0 Å². The molecule has 0 aromatic heterocycles.